The Morgan fingerprint density at radius 3 is 2.53 bits per heavy atom. The van der Waals surface area contributed by atoms with E-state index in [0.717, 1.165) is 18.7 Å². The van der Waals surface area contributed by atoms with Crippen LogP contribution in [0.4, 0.5) is 0 Å². The van der Waals surface area contributed by atoms with E-state index in [9.17, 15) is 0 Å². The third-order valence-electron chi connectivity index (χ3n) is 2.95. The van der Waals surface area contributed by atoms with Crippen LogP contribution in [0.15, 0.2) is 24.3 Å². The van der Waals surface area contributed by atoms with E-state index in [1.807, 2.05) is 12.1 Å². The molecule has 0 fully saturated rings. The van der Waals surface area contributed by atoms with Gasteiger partial charge in [-0.1, -0.05) is 37.8 Å². The van der Waals surface area contributed by atoms with Gasteiger partial charge in [0.25, 0.3) is 0 Å². The topological polar surface area (TPSA) is 23.5 Å². The SMILES string of the molecule is CC(C)CN(Cc1cccc(C#CCO)c1)C(C)C. The van der Waals surface area contributed by atoms with E-state index >= 15 is 0 Å². The molecular formula is C17H25NO. The van der Waals surface area contributed by atoms with Gasteiger partial charge >= 0.3 is 0 Å². The van der Waals surface area contributed by atoms with Crippen LogP contribution >= 0.6 is 0 Å². The maximum absolute atomic E-state index is 8.73. The molecule has 0 aromatic heterocycles. The van der Waals surface area contributed by atoms with Gasteiger partial charge in [-0.05, 0) is 37.5 Å². The number of aliphatic hydroxyl groups excluding tert-OH is 1. The van der Waals surface area contributed by atoms with Crippen molar-refractivity contribution in [1.82, 2.24) is 4.90 Å². The van der Waals surface area contributed by atoms with Crippen LogP contribution in [0.25, 0.3) is 0 Å². The fourth-order valence-electron chi connectivity index (χ4n) is 2.05. The van der Waals surface area contributed by atoms with Crippen molar-refractivity contribution in [2.45, 2.75) is 40.3 Å². The van der Waals surface area contributed by atoms with Gasteiger partial charge in [0.05, 0.1) is 0 Å². The molecule has 1 N–H and O–H groups in total. The Labute approximate surface area is 117 Å². The lowest BCUT2D eigenvalue weighted by Gasteiger charge is -2.28. The molecule has 19 heavy (non-hydrogen) atoms. The molecule has 0 amide bonds. The highest BCUT2D eigenvalue weighted by Gasteiger charge is 2.11. The van der Waals surface area contributed by atoms with E-state index < -0.39 is 0 Å². The Kier molecular flexibility index (Phi) is 6.62. The first kappa shape index (κ1) is 15.8. The van der Waals surface area contributed by atoms with Gasteiger partial charge in [0.1, 0.15) is 6.61 Å². The van der Waals surface area contributed by atoms with Crippen molar-refractivity contribution in [2.75, 3.05) is 13.2 Å². The van der Waals surface area contributed by atoms with Gasteiger partial charge < -0.3 is 5.11 Å². The predicted molar refractivity (Wildman–Crippen MR) is 80.8 cm³/mol. The number of nitrogens with zero attached hydrogens (tertiary/aromatic N) is 1. The molecule has 1 rings (SSSR count). The molecule has 0 heterocycles. The third kappa shape index (κ3) is 5.92. The van der Waals surface area contributed by atoms with Gasteiger partial charge in [-0.25, -0.2) is 0 Å². The Bertz CT molecular complexity index is 440. The Morgan fingerprint density at radius 1 is 1.21 bits per heavy atom. The molecular weight excluding hydrogens is 234 g/mol. The Hall–Kier alpha value is -1.30. The van der Waals surface area contributed by atoms with Crippen LogP contribution in [0.3, 0.4) is 0 Å². The minimum absolute atomic E-state index is 0.0876. The molecule has 0 aliphatic rings. The molecule has 104 valence electrons. The van der Waals surface area contributed by atoms with Crippen molar-refractivity contribution in [1.29, 1.82) is 0 Å². The normalized spacial score (nSPS) is 10.9. The van der Waals surface area contributed by atoms with Crippen LogP contribution in [0, 0.1) is 17.8 Å². The summed E-state index contributed by atoms with van der Waals surface area (Å²) in [6.07, 6.45) is 0. The highest BCUT2D eigenvalue weighted by Crippen LogP contribution is 2.12. The smallest absolute Gasteiger partial charge is 0.104 e. The van der Waals surface area contributed by atoms with Crippen molar-refractivity contribution in [3.05, 3.63) is 35.4 Å². The fourth-order valence-corrected chi connectivity index (χ4v) is 2.05. The summed E-state index contributed by atoms with van der Waals surface area (Å²) in [6, 6.07) is 8.80. The first-order valence-electron chi connectivity index (χ1n) is 6.95. The monoisotopic (exact) mass is 259 g/mol. The highest BCUT2D eigenvalue weighted by molar-refractivity contribution is 5.37. The number of hydrogen-bond donors (Lipinski definition) is 1. The summed E-state index contributed by atoms with van der Waals surface area (Å²) in [4.78, 5) is 2.48. The molecule has 1 aromatic rings. The van der Waals surface area contributed by atoms with Crippen molar-refractivity contribution in [3.63, 3.8) is 0 Å². The predicted octanol–water partition coefficient (Wildman–Crippen LogP) is 2.90. The fraction of sp³-hybridized carbons (Fsp3) is 0.529. The van der Waals surface area contributed by atoms with E-state index in [1.54, 1.807) is 0 Å². The van der Waals surface area contributed by atoms with Crippen molar-refractivity contribution in [2.24, 2.45) is 5.92 Å². The van der Waals surface area contributed by atoms with Gasteiger partial charge in [0.15, 0.2) is 0 Å². The average molecular weight is 259 g/mol. The summed E-state index contributed by atoms with van der Waals surface area (Å²) >= 11 is 0. The molecule has 2 heteroatoms. The summed E-state index contributed by atoms with van der Waals surface area (Å²) in [5.74, 6) is 6.32. The van der Waals surface area contributed by atoms with Crippen LogP contribution in [-0.2, 0) is 6.54 Å². The summed E-state index contributed by atoms with van der Waals surface area (Å²) in [6.45, 7) is 10.9. The molecule has 0 bridgehead atoms. The molecule has 0 saturated carbocycles. The zero-order valence-electron chi connectivity index (χ0n) is 12.5. The minimum Gasteiger partial charge on any atom is -0.384 e. The van der Waals surface area contributed by atoms with E-state index in [4.69, 9.17) is 5.11 Å². The number of aliphatic hydroxyl groups is 1. The molecule has 0 unspecified atom stereocenters. The van der Waals surface area contributed by atoms with Crippen molar-refractivity contribution >= 4 is 0 Å². The Morgan fingerprint density at radius 2 is 1.95 bits per heavy atom. The van der Waals surface area contributed by atoms with Gasteiger partial charge in [-0.3, -0.25) is 4.90 Å². The average Bonchev–Trinajstić information content (AvgIpc) is 2.35. The van der Waals surface area contributed by atoms with Crippen molar-refractivity contribution < 1.29 is 5.11 Å². The van der Waals surface area contributed by atoms with Gasteiger partial charge in [0.2, 0.25) is 0 Å². The molecule has 0 aliphatic heterocycles. The van der Waals surface area contributed by atoms with E-state index in [-0.39, 0.29) is 6.61 Å². The van der Waals surface area contributed by atoms with Crippen LogP contribution in [0.2, 0.25) is 0 Å². The van der Waals surface area contributed by atoms with Crippen LogP contribution in [-0.4, -0.2) is 29.2 Å². The van der Waals surface area contributed by atoms with Crippen LogP contribution in [0.5, 0.6) is 0 Å². The van der Waals surface area contributed by atoms with E-state index in [1.165, 1.54) is 5.56 Å². The largest absolute Gasteiger partial charge is 0.384 e. The van der Waals surface area contributed by atoms with Crippen LogP contribution < -0.4 is 0 Å². The first-order chi connectivity index (χ1) is 9.02. The second-order valence-corrected chi connectivity index (χ2v) is 5.58. The summed E-state index contributed by atoms with van der Waals surface area (Å²) in [7, 11) is 0. The summed E-state index contributed by atoms with van der Waals surface area (Å²) in [5, 5.41) is 8.73. The molecule has 0 atom stereocenters. The Balaban J connectivity index is 2.78. The van der Waals surface area contributed by atoms with Gasteiger partial charge in [-0.2, -0.15) is 0 Å². The number of hydrogen-bond acceptors (Lipinski definition) is 2. The molecule has 0 radical (unpaired) electrons. The molecule has 0 aliphatic carbocycles. The second-order valence-electron chi connectivity index (χ2n) is 5.58. The second kappa shape index (κ2) is 7.99. The van der Waals surface area contributed by atoms with Crippen LogP contribution in [0.1, 0.15) is 38.8 Å². The lowest BCUT2D eigenvalue weighted by molar-refractivity contribution is 0.189. The lowest BCUT2D eigenvalue weighted by Crippen LogP contribution is -2.33. The molecule has 0 spiro atoms. The maximum atomic E-state index is 8.73. The standard InChI is InChI=1S/C17H25NO/c1-14(2)12-18(15(3)4)13-17-8-5-7-16(11-17)9-6-10-19/h5,7-8,11,14-15,19H,10,12-13H2,1-4H3. The number of rotatable bonds is 5. The zero-order chi connectivity index (χ0) is 14.3. The molecule has 2 nitrogen and oxygen atoms in total. The summed E-state index contributed by atoms with van der Waals surface area (Å²) < 4.78 is 0. The first-order valence-corrected chi connectivity index (χ1v) is 6.95. The lowest BCUT2D eigenvalue weighted by atomic mass is 10.1. The van der Waals surface area contributed by atoms with E-state index in [0.29, 0.717) is 12.0 Å². The quantitative estimate of drug-likeness (QED) is 0.822. The maximum Gasteiger partial charge on any atom is 0.104 e. The zero-order valence-corrected chi connectivity index (χ0v) is 12.5. The number of benzene rings is 1. The van der Waals surface area contributed by atoms with Gasteiger partial charge in [-0.15, -0.1) is 0 Å². The summed E-state index contributed by atoms with van der Waals surface area (Å²) in [5.41, 5.74) is 2.25. The van der Waals surface area contributed by atoms with E-state index in [2.05, 4.69) is 56.6 Å². The molecule has 1 aromatic carbocycles. The van der Waals surface area contributed by atoms with Crippen molar-refractivity contribution in [3.8, 4) is 11.8 Å². The molecule has 0 saturated heterocycles. The highest BCUT2D eigenvalue weighted by atomic mass is 16.2. The van der Waals surface area contributed by atoms with Gasteiger partial charge in [0, 0.05) is 24.7 Å². The minimum atomic E-state index is -0.0876. The third-order valence-corrected chi connectivity index (χ3v) is 2.95.